The quantitative estimate of drug-likeness (QED) is 0.805. The van der Waals surface area contributed by atoms with Gasteiger partial charge in [0.15, 0.2) is 0 Å². The molecule has 1 N–H and O–H groups in total. The summed E-state index contributed by atoms with van der Waals surface area (Å²) in [5.74, 6) is -9.87. The second kappa shape index (κ2) is 3.92. The Morgan fingerprint density at radius 3 is 1.41 bits per heavy atom. The van der Waals surface area contributed by atoms with Crippen molar-refractivity contribution < 1.29 is 54.2 Å². The fourth-order valence-corrected chi connectivity index (χ4v) is 0.407. The predicted molar refractivity (Wildman–Crippen MR) is 29.6 cm³/mol. The maximum Gasteiger partial charge on any atom is 0.483 e. The van der Waals surface area contributed by atoms with E-state index < -0.39 is 30.3 Å². The molecule has 0 aliphatic rings. The van der Waals surface area contributed by atoms with Gasteiger partial charge >= 0.3 is 30.3 Å². The maximum absolute atomic E-state index is 12.1. The van der Waals surface area contributed by atoms with E-state index in [2.05, 4.69) is 0 Å². The first-order chi connectivity index (χ1) is 7.15. The van der Waals surface area contributed by atoms with E-state index in [0.29, 0.717) is 0 Å². The van der Waals surface area contributed by atoms with E-state index in [1.54, 1.807) is 4.74 Å². The summed E-state index contributed by atoms with van der Waals surface area (Å²) in [6.07, 6.45) is -19.9. The number of hydrogen-bond acceptors (Lipinski definition) is 2. The molecule has 0 unspecified atom stereocenters. The van der Waals surface area contributed by atoms with Crippen molar-refractivity contribution in [3.05, 3.63) is 0 Å². The van der Waals surface area contributed by atoms with E-state index in [1.165, 1.54) is 0 Å². The largest absolute Gasteiger partial charge is 0.483 e. The van der Waals surface area contributed by atoms with Crippen LogP contribution in [0.2, 0.25) is 0 Å². The van der Waals surface area contributed by atoms with E-state index >= 15 is 0 Å². The minimum Gasteiger partial charge on any atom is -0.477 e. The summed E-state index contributed by atoms with van der Waals surface area (Å²) in [6.45, 7) is 0. The molecule has 0 saturated carbocycles. The predicted octanol–water partition coefficient (Wildman–Crippen LogP) is 2.47. The van der Waals surface area contributed by atoms with Crippen LogP contribution in [0.3, 0.4) is 0 Å². The Labute approximate surface area is 85.8 Å². The monoisotopic (exact) mass is 280 g/mol. The standard InChI is InChI=1S/C5HF9O3/c6-2(7,1(15)16)4(11,12)17-5(13,14)3(8,9)10/h(H,15,16). The fraction of sp³-hybridized carbons (Fsp3) is 0.800. The molecule has 102 valence electrons. The van der Waals surface area contributed by atoms with Crippen molar-refractivity contribution >= 4 is 5.97 Å². The van der Waals surface area contributed by atoms with E-state index in [4.69, 9.17) is 5.11 Å². The molecule has 17 heavy (non-hydrogen) atoms. The molecule has 12 heteroatoms. The SMILES string of the molecule is O=C(O)C(F)(F)C(F)(F)OC(F)(F)C(F)(F)F. The van der Waals surface area contributed by atoms with E-state index in [9.17, 15) is 44.3 Å². The first-order valence-electron chi connectivity index (χ1n) is 3.29. The molecule has 0 amide bonds. The Bertz CT molecular complexity index is 306. The third-order valence-corrected chi connectivity index (χ3v) is 1.22. The third-order valence-electron chi connectivity index (χ3n) is 1.22. The van der Waals surface area contributed by atoms with Gasteiger partial charge < -0.3 is 5.11 Å². The van der Waals surface area contributed by atoms with Crippen molar-refractivity contribution in [3.63, 3.8) is 0 Å². The number of hydrogen-bond donors (Lipinski definition) is 1. The van der Waals surface area contributed by atoms with Crippen LogP contribution in [0, 0.1) is 0 Å². The normalized spacial score (nSPS) is 14.9. The van der Waals surface area contributed by atoms with Crippen LogP contribution < -0.4 is 0 Å². The highest BCUT2D eigenvalue weighted by atomic mass is 19.4. The second-order valence-electron chi connectivity index (χ2n) is 2.51. The molecule has 3 nitrogen and oxygen atoms in total. The Hall–Kier alpha value is -1.20. The first kappa shape index (κ1) is 15.8. The molecule has 0 aliphatic carbocycles. The van der Waals surface area contributed by atoms with Crippen LogP contribution >= 0.6 is 0 Å². The van der Waals surface area contributed by atoms with Gasteiger partial charge in [0.05, 0.1) is 0 Å². The van der Waals surface area contributed by atoms with Crippen LogP contribution in [0.4, 0.5) is 39.5 Å². The van der Waals surface area contributed by atoms with Crippen LogP contribution in [-0.4, -0.2) is 35.4 Å². The van der Waals surface area contributed by atoms with Gasteiger partial charge in [-0.2, -0.15) is 39.5 Å². The van der Waals surface area contributed by atoms with Crippen molar-refractivity contribution in [2.45, 2.75) is 24.3 Å². The average Bonchev–Trinajstić information content (AvgIpc) is 1.98. The lowest BCUT2D eigenvalue weighted by Gasteiger charge is -2.27. The van der Waals surface area contributed by atoms with E-state index in [0.717, 1.165) is 0 Å². The molecule has 0 aliphatic heterocycles. The van der Waals surface area contributed by atoms with Crippen molar-refractivity contribution in [2.75, 3.05) is 0 Å². The van der Waals surface area contributed by atoms with Gasteiger partial charge in [-0.05, 0) is 0 Å². The second-order valence-corrected chi connectivity index (χ2v) is 2.51. The van der Waals surface area contributed by atoms with Crippen molar-refractivity contribution in [1.29, 1.82) is 0 Å². The van der Waals surface area contributed by atoms with Crippen molar-refractivity contribution in [1.82, 2.24) is 0 Å². The summed E-state index contributed by atoms with van der Waals surface area (Å²) in [5.41, 5.74) is 0. The third kappa shape index (κ3) is 2.92. The highest BCUT2D eigenvalue weighted by Crippen LogP contribution is 2.45. The molecule has 0 fully saturated rings. The molecule has 0 aromatic heterocycles. The van der Waals surface area contributed by atoms with Gasteiger partial charge in [-0.3, -0.25) is 0 Å². The summed E-state index contributed by atoms with van der Waals surface area (Å²) in [4.78, 5) is 9.57. The van der Waals surface area contributed by atoms with Crippen LogP contribution in [0.15, 0.2) is 0 Å². The Morgan fingerprint density at radius 1 is 0.824 bits per heavy atom. The Balaban J connectivity index is 5.20. The van der Waals surface area contributed by atoms with E-state index in [1.807, 2.05) is 0 Å². The summed E-state index contributed by atoms with van der Waals surface area (Å²) in [5, 5.41) is 7.54. The van der Waals surface area contributed by atoms with Gasteiger partial charge in [-0.1, -0.05) is 0 Å². The lowest BCUT2D eigenvalue weighted by molar-refractivity contribution is -0.481. The molecule has 0 atom stereocenters. The maximum atomic E-state index is 12.1. The molecule has 0 spiro atoms. The molecule has 0 aromatic rings. The van der Waals surface area contributed by atoms with Crippen molar-refractivity contribution in [3.8, 4) is 0 Å². The molecule has 0 radical (unpaired) electrons. The zero-order valence-electron chi connectivity index (χ0n) is 7.17. The summed E-state index contributed by atoms with van der Waals surface area (Å²) < 4.78 is 108. The van der Waals surface area contributed by atoms with Crippen LogP contribution in [-0.2, 0) is 9.53 Å². The highest BCUT2D eigenvalue weighted by Gasteiger charge is 2.72. The molecule has 0 heterocycles. The number of ether oxygens (including phenoxy) is 1. The molecule has 0 bridgehead atoms. The number of carbonyl (C=O) groups is 1. The number of carboxylic acids is 1. The smallest absolute Gasteiger partial charge is 0.477 e. The molecule has 0 aromatic carbocycles. The number of rotatable bonds is 4. The average molecular weight is 280 g/mol. The fourth-order valence-electron chi connectivity index (χ4n) is 0.407. The number of aliphatic carboxylic acids is 1. The minimum atomic E-state index is -6.70. The minimum absolute atomic E-state index is 1.59. The highest BCUT2D eigenvalue weighted by molar-refractivity contribution is 5.76. The molecular weight excluding hydrogens is 279 g/mol. The first-order valence-corrected chi connectivity index (χ1v) is 3.29. The Kier molecular flexibility index (Phi) is 3.65. The van der Waals surface area contributed by atoms with Gasteiger partial charge in [0.1, 0.15) is 0 Å². The molecule has 0 saturated heterocycles. The summed E-state index contributed by atoms with van der Waals surface area (Å²) in [7, 11) is 0. The molecule has 0 rings (SSSR count). The van der Waals surface area contributed by atoms with Crippen LogP contribution in [0.25, 0.3) is 0 Å². The lowest BCUT2D eigenvalue weighted by atomic mass is 10.3. The lowest BCUT2D eigenvalue weighted by Crippen LogP contribution is -2.55. The van der Waals surface area contributed by atoms with Gasteiger partial charge in [0, 0.05) is 0 Å². The zero-order valence-corrected chi connectivity index (χ0v) is 7.17. The number of carboxylic acid groups (broad SMARTS) is 1. The molecular formula is C5HF9O3. The van der Waals surface area contributed by atoms with Gasteiger partial charge in [0.2, 0.25) is 0 Å². The number of alkyl halides is 9. The zero-order chi connectivity index (χ0) is 14.3. The van der Waals surface area contributed by atoms with Gasteiger partial charge in [-0.15, -0.1) is 0 Å². The van der Waals surface area contributed by atoms with Crippen LogP contribution in [0.5, 0.6) is 0 Å². The van der Waals surface area contributed by atoms with Gasteiger partial charge in [0.25, 0.3) is 0 Å². The number of halogens is 9. The van der Waals surface area contributed by atoms with Crippen LogP contribution in [0.1, 0.15) is 0 Å². The topological polar surface area (TPSA) is 46.5 Å². The van der Waals surface area contributed by atoms with Gasteiger partial charge in [-0.25, -0.2) is 9.53 Å². The van der Waals surface area contributed by atoms with Crippen molar-refractivity contribution in [2.24, 2.45) is 0 Å². The Morgan fingerprint density at radius 2 is 1.18 bits per heavy atom. The van der Waals surface area contributed by atoms with E-state index in [-0.39, 0.29) is 0 Å². The summed E-state index contributed by atoms with van der Waals surface area (Å²) in [6, 6.07) is 0. The summed E-state index contributed by atoms with van der Waals surface area (Å²) >= 11 is 0.